The zero-order chi connectivity index (χ0) is 11.6. The van der Waals surface area contributed by atoms with Crippen LogP contribution in [0.15, 0.2) is 29.3 Å². The fourth-order valence-corrected chi connectivity index (χ4v) is 2.24. The van der Waals surface area contributed by atoms with Gasteiger partial charge in [-0.15, -0.1) is 0 Å². The minimum Gasteiger partial charge on any atom is -0.284 e. The molecule has 4 nitrogen and oxygen atoms in total. The highest BCUT2D eigenvalue weighted by Crippen LogP contribution is 2.21. The van der Waals surface area contributed by atoms with Crippen LogP contribution in [0.3, 0.4) is 0 Å². The number of aryl methyl sites for hydroxylation is 1. The molecule has 0 radical (unpaired) electrons. The summed E-state index contributed by atoms with van der Waals surface area (Å²) in [5, 5.41) is 0. The Morgan fingerprint density at radius 1 is 1.25 bits per heavy atom. The van der Waals surface area contributed by atoms with Crippen molar-refractivity contribution in [3.63, 3.8) is 0 Å². The number of benzene rings is 1. The summed E-state index contributed by atoms with van der Waals surface area (Å²) in [4.78, 5) is 3.97. The molecule has 5 heteroatoms. The van der Waals surface area contributed by atoms with E-state index in [9.17, 15) is 8.42 Å². The molecule has 1 N–H and O–H groups in total. The van der Waals surface area contributed by atoms with Gasteiger partial charge in [-0.2, -0.15) is 8.42 Å². The van der Waals surface area contributed by atoms with E-state index >= 15 is 0 Å². The lowest BCUT2D eigenvalue weighted by molar-refractivity contribution is 0.484. The summed E-state index contributed by atoms with van der Waals surface area (Å²) in [6.07, 6.45) is 2.74. The number of hydrogen-bond donors (Lipinski definition) is 1. The second-order valence-corrected chi connectivity index (χ2v) is 5.25. The van der Waals surface area contributed by atoms with E-state index in [1.54, 1.807) is 0 Å². The largest absolute Gasteiger partial charge is 0.285 e. The highest BCUT2D eigenvalue weighted by Gasteiger charge is 2.15. The van der Waals surface area contributed by atoms with Gasteiger partial charge in [0.1, 0.15) is 0 Å². The molecule has 0 aliphatic heterocycles. The Bertz CT molecular complexity index is 520. The second-order valence-electron chi connectivity index (χ2n) is 3.83. The Kier molecular flexibility index (Phi) is 3.07. The predicted octanol–water partition coefficient (Wildman–Crippen LogP) is 1.66. The second kappa shape index (κ2) is 4.35. The molecule has 0 fully saturated rings. The number of rotatable bonds is 2. The molecule has 0 unspecified atom stereocenters. The summed E-state index contributed by atoms with van der Waals surface area (Å²) >= 11 is 0. The van der Waals surface area contributed by atoms with Crippen molar-refractivity contribution in [2.45, 2.75) is 19.3 Å². The average molecular weight is 239 g/mol. The van der Waals surface area contributed by atoms with Crippen LogP contribution < -0.4 is 0 Å². The first kappa shape index (κ1) is 11.3. The Morgan fingerprint density at radius 3 is 2.75 bits per heavy atom. The van der Waals surface area contributed by atoms with E-state index in [-0.39, 0.29) is 0 Å². The van der Waals surface area contributed by atoms with Gasteiger partial charge in [0.25, 0.3) is 10.1 Å². The van der Waals surface area contributed by atoms with E-state index in [1.165, 1.54) is 5.56 Å². The molecule has 16 heavy (non-hydrogen) atoms. The maximum atomic E-state index is 10.6. The molecule has 1 aliphatic rings. The van der Waals surface area contributed by atoms with E-state index in [0.717, 1.165) is 30.5 Å². The molecule has 0 saturated heterocycles. The lowest BCUT2D eigenvalue weighted by Crippen LogP contribution is -2.14. The van der Waals surface area contributed by atoms with E-state index in [4.69, 9.17) is 4.55 Å². The van der Waals surface area contributed by atoms with Gasteiger partial charge >= 0.3 is 0 Å². The van der Waals surface area contributed by atoms with Gasteiger partial charge < -0.3 is 0 Å². The molecule has 0 atom stereocenters. The van der Waals surface area contributed by atoms with Crippen LogP contribution in [0.4, 0.5) is 0 Å². The molecule has 1 aromatic rings. The number of nitrogens with zero attached hydrogens (tertiary/aromatic N) is 1. The molecular formula is C11H13NO3S. The molecule has 1 aliphatic carbocycles. The zero-order valence-electron chi connectivity index (χ0n) is 8.76. The van der Waals surface area contributed by atoms with Crippen LogP contribution >= 0.6 is 0 Å². The number of hydrogen-bond acceptors (Lipinski definition) is 3. The lowest BCUT2D eigenvalue weighted by Gasteiger charge is -2.17. The van der Waals surface area contributed by atoms with Crippen molar-refractivity contribution in [2.75, 3.05) is 5.88 Å². The van der Waals surface area contributed by atoms with Crippen LogP contribution in [0.2, 0.25) is 0 Å². The first-order valence-electron chi connectivity index (χ1n) is 5.13. The molecule has 86 valence electrons. The van der Waals surface area contributed by atoms with Crippen LogP contribution in [-0.2, 0) is 16.5 Å². The molecule has 0 bridgehead atoms. The third-order valence-corrected chi connectivity index (χ3v) is 3.06. The molecule has 0 heterocycles. The van der Waals surface area contributed by atoms with Gasteiger partial charge in [-0.3, -0.25) is 9.55 Å². The fraction of sp³-hybridized carbons (Fsp3) is 0.364. The Morgan fingerprint density at radius 2 is 2.00 bits per heavy atom. The van der Waals surface area contributed by atoms with Gasteiger partial charge in [-0.1, -0.05) is 24.3 Å². The first-order chi connectivity index (χ1) is 7.56. The van der Waals surface area contributed by atoms with Crippen LogP contribution in [0, 0.1) is 0 Å². The smallest absolute Gasteiger partial charge is 0.284 e. The Balaban J connectivity index is 2.32. The Labute approximate surface area is 94.8 Å². The first-order valence-corrected chi connectivity index (χ1v) is 6.74. The Hall–Kier alpha value is -1.20. The van der Waals surface area contributed by atoms with Crippen molar-refractivity contribution < 1.29 is 13.0 Å². The van der Waals surface area contributed by atoms with Gasteiger partial charge in [-0.25, -0.2) is 0 Å². The van der Waals surface area contributed by atoms with Gasteiger partial charge in [-0.05, 0) is 30.4 Å². The summed E-state index contributed by atoms with van der Waals surface area (Å²) in [6, 6.07) is 7.84. The summed E-state index contributed by atoms with van der Waals surface area (Å²) in [6.45, 7) is 0. The van der Waals surface area contributed by atoms with Crippen molar-refractivity contribution in [3.05, 3.63) is 35.4 Å². The van der Waals surface area contributed by atoms with Crippen LogP contribution in [0.5, 0.6) is 0 Å². The van der Waals surface area contributed by atoms with Crippen molar-refractivity contribution in [1.29, 1.82) is 0 Å². The number of fused-ring (bicyclic) bond motifs is 1. The topological polar surface area (TPSA) is 66.7 Å². The predicted molar refractivity (Wildman–Crippen MR) is 62.3 cm³/mol. The third-order valence-electron chi connectivity index (χ3n) is 2.61. The molecule has 2 rings (SSSR count). The van der Waals surface area contributed by atoms with E-state index in [2.05, 4.69) is 4.99 Å². The van der Waals surface area contributed by atoms with Crippen LogP contribution in [-0.4, -0.2) is 24.6 Å². The molecule has 0 aromatic heterocycles. The third kappa shape index (κ3) is 2.68. The molecule has 1 aromatic carbocycles. The molecule has 0 saturated carbocycles. The van der Waals surface area contributed by atoms with Crippen molar-refractivity contribution >= 4 is 15.8 Å². The molecular weight excluding hydrogens is 226 g/mol. The van der Waals surface area contributed by atoms with E-state index < -0.39 is 16.0 Å². The lowest BCUT2D eigenvalue weighted by atomic mass is 9.90. The quantitative estimate of drug-likeness (QED) is 0.798. The van der Waals surface area contributed by atoms with Crippen molar-refractivity contribution in [1.82, 2.24) is 0 Å². The average Bonchev–Trinajstić information content (AvgIpc) is 2.25. The van der Waals surface area contributed by atoms with Gasteiger partial charge in [0.2, 0.25) is 0 Å². The van der Waals surface area contributed by atoms with Gasteiger partial charge in [0.05, 0.1) is 0 Å². The summed E-state index contributed by atoms with van der Waals surface area (Å²) in [5.41, 5.74) is 2.99. The minimum atomic E-state index is -4.01. The highest BCUT2D eigenvalue weighted by atomic mass is 32.2. The summed E-state index contributed by atoms with van der Waals surface area (Å²) in [7, 11) is -4.01. The van der Waals surface area contributed by atoms with E-state index in [0.29, 0.717) is 0 Å². The fourth-order valence-electron chi connectivity index (χ4n) is 1.92. The molecule has 0 amide bonds. The van der Waals surface area contributed by atoms with Crippen LogP contribution in [0.1, 0.15) is 24.0 Å². The number of aliphatic imine (C=N–C) groups is 1. The standard InChI is InChI=1S/C11H13NO3S/c13-16(14,15)8-12-11-7-3-5-9-4-1-2-6-10(9)11/h1-2,4,6H,3,5,7-8H2,(H,13,14,15)/b12-11+. The van der Waals surface area contributed by atoms with Gasteiger partial charge in [0, 0.05) is 5.71 Å². The summed E-state index contributed by atoms with van der Waals surface area (Å²) in [5.74, 6) is -0.545. The SMILES string of the molecule is O=S(=O)(O)C/N=C1\CCCc2ccccc21. The summed E-state index contributed by atoms with van der Waals surface area (Å²) < 4.78 is 29.9. The minimum absolute atomic E-state index is 0.545. The van der Waals surface area contributed by atoms with Crippen LogP contribution in [0.25, 0.3) is 0 Å². The normalized spacial score (nSPS) is 18.4. The molecule has 0 spiro atoms. The van der Waals surface area contributed by atoms with Crippen molar-refractivity contribution in [2.24, 2.45) is 4.99 Å². The maximum Gasteiger partial charge on any atom is 0.285 e. The monoisotopic (exact) mass is 239 g/mol. The van der Waals surface area contributed by atoms with E-state index in [1.807, 2.05) is 24.3 Å². The highest BCUT2D eigenvalue weighted by molar-refractivity contribution is 7.85. The van der Waals surface area contributed by atoms with Crippen molar-refractivity contribution in [3.8, 4) is 0 Å². The zero-order valence-corrected chi connectivity index (χ0v) is 9.57. The maximum absolute atomic E-state index is 10.6. The van der Waals surface area contributed by atoms with Gasteiger partial charge in [0.15, 0.2) is 5.88 Å².